The predicted molar refractivity (Wildman–Crippen MR) is 159 cm³/mol. The van der Waals surface area contributed by atoms with Gasteiger partial charge in [0.05, 0.1) is 21.2 Å². The first-order chi connectivity index (χ1) is 21.5. The Labute approximate surface area is 269 Å². The molecule has 8 N–H and O–H groups in total. The Morgan fingerprint density at radius 2 is 0.708 bits per heavy atom. The second kappa shape index (κ2) is 11.6. The molecule has 2 amide bonds. The van der Waals surface area contributed by atoms with Crippen molar-refractivity contribution in [2.75, 3.05) is 10.6 Å². The number of hydrogen-bond acceptors (Lipinski definition) is 13. The van der Waals surface area contributed by atoms with Crippen LogP contribution < -0.4 is 10.6 Å². The maximum atomic E-state index is 13.2. The van der Waals surface area contributed by atoms with E-state index in [-0.39, 0.29) is 12.1 Å². The summed E-state index contributed by atoms with van der Waals surface area (Å²) in [5.41, 5.74) is -1.54. The van der Waals surface area contributed by atoms with Crippen molar-refractivity contribution in [3.05, 3.63) is 48.5 Å². The highest BCUT2D eigenvalue weighted by molar-refractivity contribution is 7.88. The second-order valence-electron chi connectivity index (χ2n) is 9.34. The zero-order valence-corrected chi connectivity index (χ0v) is 27.5. The number of hydrogen-bond donors (Lipinski definition) is 8. The van der Waals surface area contributed by atoms with Crippen molar-refractivity contribution in [1.29, 1.82) is 0 Å². The molecule has 0 aliphatic carbocycles. The molecule has 21 nitrogen and oxygen atoms in total. The summed E-state index contributed by atoms with van der Waals surface area (Å²) in [4.78, 5) is 5.35. The van der Waals surface area contributed by atoms with Crippen LogP contribution in [0.4, 0.5) is 16.2 Å². The number of anilines is 2. The molecule has 0 unspecified atom stereocenters. The Balaban J connectivity index is 2.02. The van der Waals surface area contributed by atoms with E-state index < -0.39 is 129 Å². The lowest BCUT2D eigenvalue weighted by Crippen LogP contribution is -2.21. The minimum Gasteiger partial charge on any atom is -0.307 e. The Morgan fingerprint density at radius 3 is 0.958 bits per heavy atom. The van der Waals surface area contributed by atoms with Gasteiger partial charge < -0.3 is 10.6 Å². The summed E-state index contributed by atoms with van der Waals surface area (Å²) in [6, 6.07) is 1.82. The first-order valence-corrected chi connectivity index (χ1v) is 20.3. The van der Waals surface area contributed by atoms with Gasteiger partial charge in [0, 0.05) is 21.5 Å². The Hall–Kier alpha value is -3.87. The standard InChI is InChI=1S/C21H16N2O19S6/c24-21(22-13-1-3-15(45(31,32)33)11-5-9(43(25,26)27)7-17(19(11)13)47(37,38)39)23-14-2-4-16(46(34,35)36)12-6-10(44(28,29)30)8-18(20(12)14)48(40,41)42/h1-8H,(H2,22,23,24)(H,25,26,27)(H,28,29,30)(H,31,32,33)(H,34,35,36)(H,37,38,39)(H,40,41,42). The number of amides is 2. The molecule has 0 saturated heterocycles. The van der Waals surface area contributed by atoms with E-state index in [1.807, 2.05) is 10.6 Å². The first kappa shape index (κ1) is 37.0. The number of urea groups is 1. The van der Waals surface area contributed by atoms with E-state index in [9.17, 15) is 82.6 Å². The summed E-state index contributed by atoms with van der Waals surface area (Å²) in [6.07, 6.45) is 0. The Bertz CT molecular complexity index is 2590. The minimum atomic E-state index is -5.55. The second-order valence-corrected chi connectivity index (χ2v) is 17.7. The van der Waals surface area contributed by atoms with Gasteiger partial charge in [0.2, 0.25) is 0 Å². The van der Waals surface area contributed by atoms with Gasteiger partial charge in [-0.3, -0.25) is 27.3 Å². The molecule has 260 valence electrons. The Morgan fingerprint density at radius 1 is 0.417 bits per heavy atom. The third kappa shape index (κ3) is 7.40. The summed E-state index contributed by atoms with van der Waals surface area (Å²) >= 11 is 0. The van der Waals surface area contributed by atoms with Crippen molar-refractivity contribution >= 4 is 99.7 Å². The summed E-state index contributed by atoms with van der Waals surface area (Å²) in [7, 11) is -32.3. The molecule has 48 heavy (non-hydrogen) atoms. The molecule has 0 fully saturated rings. The molecule has 0 saturated carbocycles. The van der Waals surface area contributed by atoms with E-state index >= 15 is 0 Å². The SMILES string of the molecule is O=C(Nc1ccc(S(=O)(=O)O)c2cc(S(=O)(=O)O)cc(S(=O)(=O)O)c12)Nc1ccc(S(=O)(=O)O)c2cc(S(=O)(=O)O)cc(S(=O)(=O)O)c12. The fourth-order valence-corrected chi connectivity index (χ4v) is 8.51. The predicted octanol–water partition coefficient (Wildman–Crippen LogP) is 1.12. The van der Waals surface area contributed by atoms with Gasteiger partial charge in [-0.15, -0.1) is 0 Å². The van der Waals surface area contributed by atoms with Gasteiger partial charge in [-0.2, -0.15) is 50.5 Å². The molecule has 0 spiro atoms. The zero-order valence-electron chi connectivity index (χ0n) is 22.6. The van der Waals surface area contributed by atoms with Crippen LogP contribution in [0.2, 0.25) is 0 Å². The average molecular weight is 793 g/mol. The fourth-order valence-electron chi connectivity index (χ4n) is 4.43. The fraction of sp³-hybridized carbons (Fsp3) is 0. The molecular formula is C21H16N2O19S6. The molecule has 4 rings (SSSR count). The summed E-state index contributed by atoms with van der Waals surface area (Å²) in [5.74, 6) is 0. The monoisotopic (exact) mass is 792 g/mol. The van der Waals surface area contributed by atoms with Crippen LogP contribution >= 0.6 is 0 Å². The molecule has 0 aliphatic heterocycles. The normalized spacial score (nSPS) is 13.5. The van der Waals surface area contributed by atoms with Crippen molar-refractivity contribution < 1.29 is 82.6 Å². The number of nitrogens with one attached hydrogen (secondary N) is 2. The lowest BCUT2D eigenvalue weighted by Gasteiger charge is -2.17. The van der Waals surface area contributed by atoms with Crippen molar-refractivity contribution in [3.63, 3.8) is 0 Å². The third-order valence-electron chi connectivity index (χ3n) is 6.23. The van der Waals surface area contributed by atoms with E-state index in [0.717, 1.165) is 0 Å². The van der Waals surface area contributed by atoms with Gasteiger partial charge in [0.15, 0.2) is 0 Å². The van der Waals surface area contributed by atoms with E-state index in [0.29, 0.717) is 36.4 Å². The van der Waals surface area contributed by atoms with Crippen LogP contribution in [0.5, 0.6) is 0 Å². The highest BCUT2D eigenvalue weighted by Gasteiger charge is 2.29. The van der Waals surface area contributed by atoms with Crippen LogP contribution in [0.15, 0.2) is 77.9 Å². The summed E-state index contributed by atoms with van der Waals surface area (Å²) < 4.78 is 202. The van der Waals surface area contributed by atoms with E-state index in [4.69, 9.17) is 0 Å². The van der Waals surface area contributed by atoms with Crippen molar-refractivity contribution in [2.24, 2.45) is 0 Å². The molecule has 0 aromatic heterocycles. The van der Waals surface area contributed by atoms with Gasteiger partial charge in [-0.25, -0.2) is 4.79 Å². The average Bonchev–Trinajstić information content (AvgIpc) is 2.88. The number of carbonyl (C=O) groups is 1. The lowest BCUT2D eigenvalue weighted by atomic mass is 10.1. The van der Waals surface area contributed by atoms with Gasteiger partial charge >= 0.3 is 6.03 Å². The van der Waals surface area contributed by atoms with Crippen LogP contribution in [0.1, 0.15) is 0 Å². The van der Waals surface area contributed by atoms with Crippen LogP contribution in [0.3, 0.4) is 0 Å². The highest BCUT2D eigenvalue weighted by atomic mass is 32.2. The number of rotatable bonds is 8. The molecule has 0 radical (unpaired) electrons. The third-order valence-corrected chi connectivity index (χ3v) is 11.5. The maximum absolute atomic E-state index is 13.2. The maximum Gasteiger partial charge on any atom is 0.323 e. The molecule has 4 aromatic carbocycles. The Kier molecular flexibility index (Phi) is 8.95. The lowest BCUT2D eigenvalue weighted by molar-refractivity contribution is 0.262. The molecular weight excluding hydrogens is 777 g/mol. The smallest absolute Gasteiger partial charge is 0.307 e. The van der Waals surface area contributed by atoms with Crippen LogP contribution in [0, 0.1) is 0 Å². The summed E-state index contributed by atoms with van der Waals surface area (Å²) in [5, 5.41) is -0.0207. The van der Waals surface area contributed by atoms with E-state index in [1.54, 1.807) is 0 Å². The molecule has 0 bridgehead atoms. The van der Waals surface area contributed by atoms with E-state index in [1.165, 1.54) is 0 Å². The van der Waals surface area contributed by atoms with Gasteiger partial charge in [0.25, 0.3) is 60.7 Å². The van der Waals surface area contributed by atoms with Crippen molar-refractivity contribution in [1.82, 2.24) is 0 Å². The minimum absolute atomic E-state index is 0.163. The topological polar surface area (TPSA) is 367 Å². The zero-order chi connectivity index (χ0) is 36.6. The quantitative estimate of drug-likeness (QED) is 0.116. The number of carbonyl (C=O) groups excluding carboxylic acids is 1. The van der Waals surface area contributed by atoms with Gasteiger partial charge in [0.1, 0.15) is 19.6 Å². The molecule has 27 heteroatoms. The van der Waals surface area contributed by atoms with Crippen molar-refractivity contribution in [3.8, 4) is 0 Å². The molecule has 4 aromatic rings. The number of benzene rings is 4. The number of fused-ring (bicyclic) bond motifs is 2. The largest absolute Gasteiger partial charge is 0.323 e. The summed E-state index contributed by atoms with van der Waals surface area (Å²) in [6.45, 7) is 0. The first-order valence-electron chi connectivity index (χ1n) is 11.7. The van der Waals surface area contributed by atoms with E-state index in [2.05, 4.69) is 0 Å². The molecule has 0 heterocycles. The van der Waals surface area contributed by atoms with Crippen LogP contribution in [-0.2, 0) is 60.7 Å². The molecule has 0 atom stereocenters. The van der Waals surface area contributed by atoms with Crippen LogP contribution in [-0.4, -0.2) is 83.9 Å². The highest BCUT2D eigenvalue weighted by Crippen LogP contribution is 2.39. The van der Waals surface area contributed by atoms with Gasteiger partial charge in [-0.05, 0) is 48.5 Å². The van der Waals surface area contributed by atoms with Crippen molar-refractivity contribution in [2.45, 2.75) is 29.4 Å². The van der Waals surface area contributed by atoms with Crippen LogP contribution in [0.25, 0.3) is 21.5 Å². The molecule has 0 aliphatic rings. The van der Waals surface area contributed by atoms with Gasteiger partial charge in [-0.1, -0.05) is 0 Å².